The molecule has 7 heteroatoms. The van der Waals surface area contributed by atoms with Crippen molar-refractivity contribution in [3.05, 3.63) is 41.5 Å². The van der Waals surface area contributed by atoms with Crippen molar-refractivity contribution in [2.75, 3.05) is 13.7 Å². The zero-order valence-corrected chi connectivity index (χ0v) is 14.2. The van der Waals surface area contributed by atoms with E-state index in [1.807, 2.05) is 31.2 Å². The molecule has 24 heavy (non-hydrogen) atoms. The van der Waals surface area contributed by atoms with Gasteiger partial charge in [0.1, 0.15) is 17.4 Å². The fraction of sp³-hybridized carbons (Fsp3) is 0.471. The Morgan fingerprint density at radius 3 is 3.08 bits per heavy atom. The number of guanidine groups is 1. The molecule has 1 unspecified atom stereocenters. The van der Waals surface area contributed by atoms with E-state index in [2.05, 4.69) is 25.1 Å². The van der Waals surface area contributed by atoms with E-state index in [1.165, 1.54) is 0 Å². The van der Waals surface area contributed by atoms with Crippen LogP contribution >= 0.6 is 0 Å². The van der Waals surface area contributed by atoms with E-state index in [-0.39, 0.29) is 0 Å². The van der Waals surface area contributed by atoms with Crippen molar-refractivity contribution in [1.82, 2.24) is 20.1 Å². The molecule has 2 heterocycles. The Bertz CT molecular complexity index is 724. The van der Waals surface area contributed by atoms with E-state index in [0.717, 1.165) is 48.9 Å². The topological polar surface area (TPSA) is 90.3 Å². The molecule has 0 bridgehead atoms. The van der Waals surface area contributed by atoms with Gasteiger partial charge in [0.15, 0.2) is 5.96 Å². The maximum atomic E-state index is 6.00. The summed E-state index contributed by atoms with van der Waals surface area (Å²) in [5, 5.41) is 11.6. The fourth-order valence-electron chi connectivity index (χ4n) is 3.01. The molecule has 1 aromatic carbocycles. The number of benzene rings is 1. The van der Waals surface area contributed by atoms with Gasteiger partial charge in [0.05, 0.1) is 13.7 Å². The monoisotopic (exact) mass is 328 g/mol. The fourth-order valence-corrected chi connectivity index (χ4v) is 3.01. The molecule has 7 nitrogen and oxygen atoms in total. The number of nitrogens with two attached hydrogens (primary N) is 1. The molecule has 3 rings (SSSR count). The standard InChI is InChI=1S/C17H24N6O/c1-12-21-22-16-8-7-13(11-23(12)16)9-19-17(18)20-10-14-5-3-4-6-15(14)24-2/h3-6,13H,7-11H2,1-2H3,(H3,18,19,20). The lowest BCUT2D eigenvalue weighted by Crippen LogP contribution is -2.38. The second-order valence-corrected chi connectivity index (χ2v) is 6.07. The van der Waals surface area contributed by atoms with Crippen LogP contribution in [-0.2, 0) is 19.5 Å². The SMILES string of the molecule is COc1ccccc1CN=C(N)NCC1CCc2nnc(C)n2C1. The molecule has 3 N–H and O–H groups in total. The summed E-state index contributed by atoms with van der Waals surface area (Å²) in [7, 11) is 1.66. The normalized spacial score (nSPS) is 17.4. The number of hydrogen-bond donors (Lipinski definition) is 2. The van der Waals surface area contributed by atoms with E-state index in [4.69, 9.17) is 10.5 Å². The average Bonchev–Trinajstić information content (AvgIpc) is 2.99. The summed E-state index contributed by atoms with van der Waals surface area (Å²) in [6.45, 7) is 4.23. The van der Waals surface area contributed by atoms with Gasteiger partial charge in [-0.2, -0.15) is 0 Å². The number of para-hydroxylation sites is 1. The number of nitrogens with zero attached hydrogens (tertiary/aromatic N) is 4. The van der Waals surface area contributed by atoms with Gasteiger partial charge in [0.25, 0.3) is 0 Å². The summed E-state index contributed by atoms with van der Waals surface area (Å²) in [4.78, 5) is 4.41. The molecule has 128 valence electrons. The van der Waals surface area contributed by atoms with Crippen LogP contribution < -0.4 is 15.8 Å². The summed E-state index contributed by atoms with van der Waals surface area (Å²) >= 11 is 0. The van der Waals surface area contributed by atoms with E-state index in [9.17, 15) is 0 Å². The average molecular weight is 328 g/mol. The molecule has 0 spiro atoms. The largest absolute Gasteiger partial charge is 0.496 e. The van der Waals surface area contributed by atoms with Gasteiger partial charge < -0.3 is 20.4 Å². The number of aromatic nitrogens is 3. The van der Waals surface area contributed by atoms with Gasteiger partial charge in [-0.15, -0.1) is 10.2 Å². The number of methoxy groups -OCH3 is 1. The number of ether oxygens (including phenoxy) is 1. The maximum absolute atomic E-state index is 6.00. The Labute approximate surface area is 141 Å². The number of aryl methyl sites for hydroxylation is 2. The highest BCUT2D eigenvalue weighted by Crippen LogP contribution is 2.19. The zero-order chi connectivity index (χ0) is 16.9. The van der Waals surface area contributed by atoms with Crippen LogP contribution in [0.15, 0.2) is 29.3 Å². The Kier molecular flexibility index (Phi) is 4.98. The lowest BCUT2D eigenvalue weighted by atomic mass is 9.99. The van der Waals surface area contributed by atoms with Crippen LogP contribution in [0.3, 0.4) is 0 Å². The number of rotatable bonds is 5. The summed E-state index contributed by atoms with van der Waals surface area (Å²) < 4.78 is 7.52. The smallest absolute Gasteiger partial charge is 0.188 e. The molecular weight excluding hydrogens is 304 g/mol. The first-order chi connectivity index (χ1) is 11.7. The Morgan fingerprint density at radius 1 is 1.42 bits per heavy atom. The second kappa shape index (κ2) is 7.33. The predicted octanol–water partition coefficient (Wildman–Crippen LogP) is 1.26. The van der Waals surface area contributed by atoms with Crippen LogP contribution in [0.25, 0.3) is 0 Å². The minimum atomic E-state index is 0.465. The third-order valence-electron chi connectivity index (χ3n) is 4.41. The molecule has 1 aliphatic heterocycles. The number of hydrogen-bond acceptors (Lipinski definition) is 4. The van der Waals surface area contributed by atoms with Gasteiger partial charge >= 0.3 is 0 Å². The van der Waals surface area contributed by atoms with Crippen LogP contribution in [0.1, 0.15) is 23.6 Å². The first kappa shape index (κ1) is 16.3. The summed E-state index contributed by atoms with van der Waals surface area (Å²) in [6.07, 6.45) is 2.05. The van der Waals surface area contributed by atoms with Crippen LogP contribution in [-0.4, -0.2) is 34.4 Å². The summed E-state index contributed by atoms with van der Waals surface area (Å²) in [5.41, 5.74) is 7.02. The summed E-state index contributed by atoms with van der Waals surface area (Å²) in [5.74, 6) is 3.87. The minimum Gasteiger partial charge on any atom is -0.496 e. The van der Waals surface area contributed by atoms with Crippen molar-refractivity contribution in [3.8, 4) is 5.75 Å². The Morgan fingerprint density at radius 2 is 2.25 bits per heavy atom. The summed E-state index contributed by atoms with van der Waals surface area (Å²) in [6, 6.07) is 7.83. The maximum Gasteiger partial charge on any atom is 0.188 e. The molecule has 0 aliphatic carbocycles. The second-order valence-electron chi connectivity index (χ2n) is 6.07. The van der Waals surface area contributed by atoms with Gasteiger partial charge in [-0.05, 0) is 25.3 Å². The zero-order valence-electron chi connectivity index (χ0n) is 14.2. The van der Waals surface area contributed by atoms with Crippen molar-refractivity contribution in [3.63, 3.8) is 0 Å². The molecule has 0 saturated heterocycles. The Balaban J connectivity index is 1.52. The quantitative estimate of drug-likeness (QED) is 0.637. The van der Waals surface area contributed by atoms with Crippen molar-refractivity contribution in [1.29, 1.82) is 0 Å². The van der Waals surface area contributed by atoms with E-state index >= 15 is 0 Å². The molecular formula is C17H24N6O. The first-order valence-corrected chi connectivity index (χ1v) is 8.21. The Hall–Kier alpha value is -2.57. The van der Waals surface area contributed by atoms with Crippen LogP contribution in [0.5, 0.6) is 5.75 Å². The van der Waals surface area contributed by atoms with Gasteiger partial charge in [-0.25, -0.2) is 4.99 Å². The molecule has 0 radical (unpaired) electrons. The van der Waals surface area contributed by atoms with Crippen LogP contribution in [0.2, 0.25) is 0 Å². The third kappa shape index (κ3) is 3.67. The van der Waals surface area contributed by atoms with Crippen molar-refractivity contribution in [2.45, 2.75) is 32.9 Å². The number of fused-ring (bicyclic) bond motifs is 1. The molecule has 1 atom stereocenters. The molecule has 2 aromatic rings. The van der Waals surface area contributed by atoms with Crippen molar-refractivity contribution < 1.29 is 4.74 Å². The number of nitrogens with one attached hydrogen (secondary N) is 1. The van der Waals surface area contributed by atoms with Crippen molar-refractivity contribution >= 4 is 5.96 Å². The van der Waals surface area contributed by atoms with Gasteiger partial charge in [0.2, 0.25) is 0 Å². The molecule has 1 aromatic heterocycles. The highest BCUT2D eigenvalue weighted by molar-refractivity contribution is 5.77. The highest BCUT2D eigenvalue weighted by atomic mass is 16.5. The van der Waals surface area contributed by atoms with Crippen molar-refractivity contribution in [2.24, 2.45) is 16.6 Å². The van der Waals surface area contributed by atoms with Gasteiger partial charge in [-0.3, -0.25) is 0 Å². The molecule has 0 saturated carbocycles. The predicted molar refractivity (Wildman–Crippen MR) is 92.9 cm³/mol. The van der Waals surface area contributed by atoms with E-state index in [1.54, 1.807) is 7.11 Å². The minimum absolute atomic E-state index is 0.465. The lowest BCUT2D eigenvalue weighted by molar-refractivity contribution is 0.359. The van der Waals surface area contributed by atoms with E-state index < -0.39 is 0 Å². The van der Waals surface area contributed by atoms with Crippen LogP contribution in [0.4, 0.5) is 0 Å². The molecule has 0 amide bonds. The van der Waals surface area contributed by atoms with Crippen LogP contribution in [0, 0.1) is 12.8 Å². The highest BCUT2D eigenvalue weighted by Gasteiger charge is 2.21. The molecule has 1 aliphatic rings. The first-order valence-electron chi connectivity index (χ1n) is 8.21. The molecule has 0 fully saturated rings. The third-order valence-corrected chi connectivity index (χ3v) is 4.41. The van der Waals surface area contributed by atoms with Gasteiger partial charge in [-0.1, -0.05) is 18.2 Å². The lowest BCUT2D eigenvalue weighted by Gasteiger charge is -2.24. The number of aliphatic imine (C=N–C) groups is 1. The van der Waals surface area contributed by atoms with Gasteiger partial charge in [0, 0.05) is 25.1 Å². The van der Waals surface area contributed by atoms with E-state index in [0.29, 0.717) is 18.4 Å².